The molecule has 7 heteroatoms. The van der Waals surface area contributed by atoms with Gasteiger partial charge in [0.25, 0.3) is 0 Å². The highest BCUT2D eigenvalue weighted by Gasteiger charge is 2.17. The lowest BCUT2D eigenvalue weighted by Gasteiger charge is -2.15. The van der Waals surface area contributed by atoms with Crippen molar-refractivity contribution in [2.24, 2.45) is 0 Å². The van der Waals surface area contributed by atoms with Gasteiger partial charge in [-0.2, -0.15) is 0 Å². The quantitative estimate of drug-likeness (QED) is 0.526. The molecule has 0 spiro atoms. The lowest BCUT2D eigenvalue weighted by molar-refractivity contribution is 0.0512. The summed E-state index contributed by atoms with van der Waals surface area (Å²) in [5.74, 6) is -0.981. The maximum absolute atomic E-state index is 12.2. The van der Waals surface area contributed by atoms with Crippen LogP contribution in [0.3, 0.4) is 0 Å². The Morgan fingerprint density at radius 2 is 1.54 bits per heavy atom. The van der Waals surface area contributed by atoms with E-state index in [4.69, 9.17) is 21.7 Å². The molecule has 0 bridgehead atoms. The third kappa shape index (κ3) is 5.79. The molecule has 28 heavy (non-hydrogen) atoms. The van der Waals surface area contributed by atoms with Gasteiger partial charge in [0.2, 0.25) is 0 Å². The molecular formula is C21H24N2O4S. The van der Waals surface area contributed by atoms with Gasteiger partial charge in [-0.3, -0.25) is 0 Å². The lowest BCUT2D eigenvalue weighted by Crippen LogP contribution is -2.21. The van der Waals surface area contributed by atoms with Crippen molar-refractivity contribution in [1.82, 2.24) is 0 Å². The molecule has 0 fully saturated rings. The second-order valence-electron chi connectivity index (χ2n) is 5.83. The molecule has 0 radical (unpaired) electrons. The summed E-state index contributed by atoms with van der Waals surface area (Å²) in [6.07, 6.45) is 0.951. The summed E-state index contributed by atoms with van der Waals surface area (Å²) >= 11 is 5.36. The van der Waals surface area contributed by atoms with E-state index in [0.717, 1.165) is 12.1 Å². The third-order valence-corrected chi connectivity index (χ3v) is 4.10. The highest BCUT2D eigenvalue weighted by molar-refractivity contribution is 7.80. The van der Waals surface area contributed by atoms with Gasteiger partial charge in [0, 0.05) is 5.69 Å². The molecule has 0 unspecified atom stereocenters. The lowest BCUT2D eigenvalue weighted by atomic mass is 10.1. The minimum Gasteiger partial charge on any atom is -0.462 e. The summed E-state index contributed by atoms with van der Waals surface area (Å²) < 4.78 is 10.1. The summed E-state index contributed by atoms with van der Waals surface area (Å²) in [6, 6.07) is 12.4. The number of anilines is 2. The van der Waals surface area contributed by atoms with Crippen LogP contribution in [0.4, 0.5) is 11.4 Å². The highest BCUT2D eigenvalue weighted by atomic mass is 32.1. The number of carbonyl (C=O) groups is 2. The predicted molar refractivity (Wildman–Crippen MR) is 114 cm³/mol. The van der Waals surface area contributed by atoms with Crippen LogP contribution >= 0.6 is 12.2 Å². The minimum atomic E-state index is -0.504. The van der Waals surface area contributed by atoms with Gasteiger partial charge in [0.15, 0.2) is 5.11 Å². The fraction of sp³-hybridized carbons (Fsp3) is 0.286. The molecule has 0 heterocycles. The van der Waals surface area contributed by atoms with Crippen LogP contribution in [0.5, 0.6) is 0 Å². The molecule has 0 saturated carbocycles. The van der Waals surface area contributed by atoms with Crippen LogP contribution in [0, 0.1) is 0 Å². The molecule has 0 atom stereocenters. The van der Waals surface area contributed by atoms with E-state index in [-0.39, 0.29) is 23.9 Å². The topological polar surface area (TPSA) is 76.7 Å². The molecule has 2 rings (SSSR count). The van der Waals surface area contributed by atoms with Crippen molar-refractivity contribution in [2.45, 2.75) is 27.2 Å². The van der Waals surface area contributed by atoms with Crippen LogP contribution in [-0.2, 0) is 15.9 Å². The van der Waals surface area contributed by atoms with Crippen molar-refractivity contribution in [3.05, 3.63) is 59.2 Å². The van der Waals surface area contributed by atoms with E-state index in [0.29, 0.717) is 11.3 Å². The van der Waals surface area contributed by atoms with E-state index in [1.165, 1.54) is 23.8 Å². The molecule has 148 valence electrons. The van der Waals surface area contributed by atoms with Crippen LogP contribution in [-0.4, -0.2) is 30.3 Å². The Labute approximate surface area is 170 Å². The molecule has 0 saturated heterocycles. The monoisotopic (exact) mass is 400 g/mol. The molecule has 0 aliphatic heterocycles. The minimum absolute atomic E-state index is 0.240. The van der Waals surface area contributed by atoms with Crippen LogP contribution in [0.25, 0.3) is 0 Å². The molecule has 0 aliphatic rings. The summed E-state index contributed by atoms with van der Waals surface area (Å²) in [5, 5.41) is 6.33. The van der Waals surface area contributed by atoms with Crippen molar-refractivity contribution in [2.75, 3.05) is 23.8 Å². The van der Waals surface area contributed by atoms with E-state index in [2.05, 4.69) is 17.6 Å². The zero-order chi connectivity index (χ0) is 20.5. The molecule has 2 aromatic carbocycles. The van der Waals surface area contributed by atoms with Crippen LogP contribution in [0.15, 0.2) is 42.5 Å². The Balaban J connectivity index is 2.23. The average Bonchev–Trinajstić information content (AvgIpc) is 2.68. The van der Waals surface area contributed by atoms with E-state index >= 15 is 0 Å². The zero-order valence-corrected chi connectivity index (χ0v) is 17.0. The normalized spacial score (nSPS) is 10.1. The Hall–Kier alpha value is -2.93. The van der Waals surface area contributed by atoms with E-state index < -0.39 is 11.9 Å². The van der Waals surface area contributed by atoms with Crippen molar-refractivity contribution >= 4 is 40.6 Å². The Bertz CT molecular complexity index is 850. The number of aryl methyl sites for hydroxylation is 1. The maximum atomic E-state index is 12.2. The summed E-state index contributed by atoms with van der Waals surface area (Å²) in [5.41, 5.74) is 2.99. The van der Waals surface area contributed by atoms with Gasteiger partial charge in [-0.15, -0.1) is 0 Å². The van der Waals surface area contributed by atoms with E-state index in [1.54, 1.807) is 13.8 Å². The predicted octanol–water partition coefficient (Wildman–Crippen LogP) is 4.41. The van der Waals surface area contributed by atoms with Gasteiger partial charge >= 0.3 is 11.9 Å². The number of ether oxygens (including phenoxy) is 2. The molecule has 6 nitrogen and oxygen atoms in total. The van der Waals surface area contributed by atoms with E-state index in [1.807, 2.05) is 24.3 Å². The highest BCUT2D eigenvalue weighted by Crippen LogP contribution is 2.21. The molecule has 2 aromatic rings. The van der Waals surface area contributed by atoms with Gasteiger partial charge in [0.05, 0.1) is 30.0 Å². The standard InChI is InChI=1S/C21H24N2O4S/c1-4-14-7-10-16(11-8-14)22-21(28)23-18-13-15(19(24)26-5-2)9-12-17(18)20(25)27-6-3/h7-13H,4-6H2,1-3H3,(H2,22,23,28). The Morgan fingerprint density at radius 1 is 0.893 bits per heavy atom. The first kappa shape index (κ1) is 21.4. The first-order valence-corrected chi connectivity index (χ1v) is 9.54. The Kier molecular flexibility index (Phi) is 7.95. The number of hydrogen-bond acceptors (Lipinski definition) is 5. The van der Waals surface area contributed by atoms with Gasteiger partial charge in [0.1, 0.15) is 0 Å². The number of carbonyl (C=O) groups excluding carboxylic acids is 2. The fourth-order valence-electron chi connectivity index (χ4n) is 2.48. The number of benzene rings is 2. The van der Waals surface area contributed by atoms with Crippen LogP contribution < -0.4 is 10.6 Å². The number of thiocarbonyl (C=S) groups is 1. The molecule has 0 aromatic heterocycles. The summed E-state index contributed by atoms with van der Waals surface area (Å²) in [4.78, 5) is 24.3. The fourth-order valence-corrected chi connectivity index (χ4v) is 2.71. The molecule has 0 amide bonds. The largest absolute Gasteiger partial charge is 0.462 e. The zero-order valence-electron chi connectivity index (χ0n) is 16.2. The first-order valence-electron chi connectivity index (χ1n) is 9.13. The second-order valence-corrected chi connectivity index (χ2v) is 6.24. The molecule has 2 N–H and O–H groups in total. The number of nitrogens with one attached hydrogen (secondary N) is 2. The van der Waals surface area contributed by atoms with Crippen LogP contribution in [0.1, 0.15) is 47.1 Å². The van der Waals surface area contributed by atoms with Crippen molar-refractivity contribution in [3.8, 4) is 0 Å². The number of rotatable bonds is 7. The number of hydrogen-bond donors (Lipinski definition) is 2. The third-order valence-electron chi connectivity index (χ3n) is 3.89. The SMILES string of the molecule is CCOC(=O)c1ccc(C(=O)OCC)c(NC(=S)Nc2ccc(CC)cc2)c1. The van der Waals surface area contributed by atoms with Gasteiger partial charge < -0.3 is 20.1 Å². The van der Waals surface area contributed by atoms with Crippen LogP contribution in [0.2, 0.25) is 0 Å². The number of esters is 2. The Morgan fingerprint density at radius 3 is 2.14 bits per heavy atom. The second kappa shape index (κ2) is 10.4. The average molecular weight is 401 g/mol. The maximum Gasteiger partial charge on any atom is 0.340 e. The molecular weight excluding hydrogens is 376 g/mol. The molecule has 0 aliphatic carbocycles. The smallest absolute Gasteiger partial charge is 0.340 e. The van der Waals surface area contributed by atoms with E-state index in [9.17, 15) is 9.59 Å². The first-order chi connectivity index (χ1) is 13.5. The van der Waals surface area contributed by atoms with Crippen molar-refractivity contribution < 1.29 is 19.1 Å². The van der Waals surface area contributed by atoms with Crippen molar-refractivity contribution in [1.29, 1.82) is 0 Å². The summed E-state index contributed by atoms with van der Waals surface area (Å²) in [6.45, 7) is 6.04. The summed E-state index contributed by atoms with van der Waals surface area (Å²) in [7, 11) is 0. The van der Waals surface area contributed by atoms with Gasteiger partial charge in [-0.25, -0.2) is 9.59 Å². The van der Waals surface area contributed by atoms with Gasteiger partial charge in [-0.05, 0) is 68.4 Å². The van der Waals surface area contributed by atoms with Gasteiger partial charge in [-0.1, -0.05) is 19.1 Å². The van der Waals surface area contributed by atoms with Crippen molar-refractivity contribution in [3.63, 3.8) is 0 Å².